The van der Waals surface area contributed by atoms with Crippen molar-refractivity contribution in [2.45, 2.75) is 19.8 Å². The summed E-state index contributed by atoms with van der Waals surface area (Å²) < 4.78 is 6.52. The first-order valence-corrected chi connectivity index (χ1v) is 10.3. The SMILES string of the molecule is CCc1ccc2nc(N(CCCN(C)C)C(=O)c3ccccc3OC)sc2c1. The molecule has 0 aliphatic carbocycles. The first kappa shape index (κ1) is 20.3. The van der Waals surface area contributed by atoms with Gasteiger partial charge in [-0.25, -0.2) is 4.98 Å². The molecule has 0 saturated carbocycles. The fourth-order valence-corrected chi connectivity index (χ4v) is 4.14. The number of aryl methyl sites for hydroxylation is 1. The molecule has 0 atom stereocenters. The minimum atomic E-state index is -0.0778. The number of amides is 1. The van der Waals surface area contributed by atoms with E-state index in [0.717, 1.165) is 34.7 Å². The number of anilines is 1. The number of thiazole rings is 1. The molecule has 1 heterocycles. The van der Waals surface area contributed by atoms with E-state index in [1.807, 2.05) is 44.4 Å². The predicted octanol–water partition coefficient (Wildman–Crippen LogP) is 4.47. The van der Waals surface area contributed by atoms with E-state index in [2.05, 4.69) is 24.0 Å². The predicted molar refractivity (Wildman–Crippen MR) is 117 cm³/mol. The molecule has 0 aliphatic rings. The van der Waals surface area contributed by atoms with Gasteiger partial charge in [0.1, 0.15) is 5.75 Å². The highest BCUT2D eigenvalue weighted by atomic mass is 32.1. The standard InChI is InChI=1S/C22H27N3O2S/c1-5-16-11-12-18-20(15-16)28-22(23-18)25(14-8-13-24(2)3)21(26)17-9-6-7-10-19(17)27-4/h6-7,9-12,15H,5,8,13-14H2,1-4H3. The molecule has 1 aromatic heterocycles. The van der Waals surface area contributed by atoms with E-state index >= 15 is 0 Å². The van der Waals surface area contributed by atoms with Gasteiger partial charge in [-0.2, -0.15) is 0 Å². The molecule has 0 saturated heterocycles. The number of aromatic nitrogens is 1. The Labute approximate surface area is 170 Å². The number of fused-ring (bicyclic) bond motifs is 1. The number of rotatable bonds is 8. The van der Waals surface area contributed by atoms with E-state index in [9.17, 15) is 4.79 Å². The lowest BCUT2D eigenvalue weighted by atomic mass is 10.1. The lowest BCUT2D eigenvalue weighted by Crippen LogP contribution is -2.33. The molecule has 28 heavy (non-hydrogen) atoms. The Morgan fingerprint density at radius 2 is 1.93 bits per heavy atom. The van der Waals surface area contributed by atoms with Crippen LogP contribution in [0.5, 0.6) is 5.75 Å². The number of carbonyl (C=O) groups is 1. The molecule has 3 rings (SSSR count). The Kier molecular flexibility index (Phi) is 6.65. The monoisotopic (exact) mass is 397 g/mol. The van der Waals surface area contributed by atoms with Crippen molar-refractivity contribution in [3.63, 3.8) is 0 Å². The van der Waals surface area contributed by atoms with Gasteiger partial charge in [-0.15, -0.1) is 0 Å². The highest BCUT2D eigenvalue weighted by molar-refractivity contribution is 7.22. The third kappa shape index (κ3) is 4.51. The summed E-state index contributed by atoms with van der Waals surface area (Å²) >= 11 is 1.57. The molecule has 0 radical (unpaired) electrons. The van der Waals surface area contributed by atoms with Crippen LogP contribution in [0, 0.1) is 0 Å². The zero-order valence-electron chi connectivity index (χ0n) is 16.9. The zero-order chi connectivity index (χ0) is 20.1. The average Bonchev–Trinajstić information content (AvgIpc) is 3.13. The summed E-state index contributed by atoms with van der Waals surface area (Å²) in [5.74, 6) is 0.505. The summed E-state index contributed by atoms with van der Waals surface area (Å²) in [6.45, 7) is 3.65. The summed E-state index contributed by atoms with van der Waals surface area (Å²) in [6, 6.07) is 13.7. The van der Waals surface area contributed by atoms with Crippen LogP contribution < -0.4 is 9.64 Å². The van der Waals surface area contributed by atoms with Gasteiger partial charge in [0.05, 0.1) is 22.9 Å². The lowest BCUT2D eigenvalue weighted by Gasteiger charge is -2.22. The largest absolute Gasteiger partial charge is 0.496 e. The average molecular weight is 398 g/mol. The van der Waals surface area contributed by atoms with Crippen LogP contribution in [0.4, 0.5) is 5.13 Å². The normalized spacial score (nSPS) is 11.2. The number of hydrogen-bond acceptors (Lipinski definition) is 5. The Morgan fingerprint density at radius 3 is 2.64 bits per heavy atom. The van der Waals surface area contributed by atoms with Crippen molar-refractivity contribution in [3.05, 3.63) is 53.6 Å². The van der Waals surface area contributed by atoms with Crippen LogP contribution in [0.2, 0.25) is 0 Å². The van der Waals surface area contributed by atoms with Gasteiger partial charge in [-0.05, 0) is 63.3 Å². The third-order valence-electron chi connectivity index (χ3n) is 4.65. The molecule has 6 heteroatoms. The Hall–Kier alpha value is -2.44. The van der Waals surface area contributed by atoms with Gasteiger partial charge < -0.3 is 9.64 Å². The molecular formula is C22H27N3O2S. The molecule has 0 bridgehead atoms. The molecule has 0 N–H and O–H groups in total. The number of benzene rings is 2. The number of hydrogen-bond donors (Lipinski definition) is 0. The number of carbonyl (C=O) groups excluding carboxylic acids is 1. The van der Waals surface area contributed by atoms with Gasteiger partial charge in [0, 0.05) is 6.54 Å². The van der Waals surface area contributed by atoms with Crippen LogP contribution in [-0.4, -0.2) is 50.1 Å². The molecule has 0 aliphatic heterocycles. The second-order valence-electron chi connectivity index (χ2n) is 6.97. The zero-order valence-corrected chi connectivity index (χ0v) is 17.8. The molecule has 2 aromatic carbocycles. The van der Waals surface area contributed by atoms with Crippen LogP contribution in [0.15, 0.2) is 42.5 Å². The molecule has 5 nitrogen and oxygen atoms in total. The molecule has 0 unspecified atom stereocenters. The highest BCUT2D eigenvalue weighted by Crippen LogP contribution is 2.32. The Morgan fingerprint density at radius 1 is 1.14 bits per heavy atom. The minimum Gasteiger partial charge on any atom is -0.496 e. The van der Waals surface area contributed by atoms with E-state index in [0.29, 0.717) is 17.9 Å². The Bertz CT molecular complexity index is 952. The topological polar surface area (TPSA) is 45.7 Å². The number of methoxy groups -OCH3 is 1. The van der Waals surface area contributed by atoms with E-state index < -0.39 is 0 Å². The minimum absolute atomic E-state index is 0.0778. The van der Waals surface area contributed by atoms with Crippen molar-refractivity contribution in [2.75, 3.05) is 39.2 Å². The molecule has 3 aromatic rings. The molecule has 148 valence electrons. The van der Waals surface area contributed by atoms with Crippen LogP contribution >= 0.6 is 11.3 Å². The van der Waals surface area contributed by atoms with Crippen molar-refractivity contribution >= 4 is 32.6 Å². The van der Waals surface area contributed by atoms with Crippen molar-refractivity contribution < 1.29 is 9.53 Å². The molecule has 1 amide bonds. The number of para-hydroxylation sites is 1. The van der Waals surface area contributed by atoms with E-state index in [1.54, 1.807) is 23.3 Å². The van der Waals surface area contributed by atoms with E-state index in [1.165, 1.54) is 5.56 Å². The van der Waals surface area contributed by atoms with Gasteiger partial charge in [0.15, 0.2) is 5.13 Å². The lowest BCUT2D eigenvalue weighted by molar-refractivity contribution is 0.0983. The highest BCUT2D eigenvalue weighted by Gasteiger charge is 2.23. The fraction of sp³-hybridized carbons (Fsp3) is 0.364. The van der Waals surface area contributed by atoms with Crippen LogP contribution in [0.3, 0.4) is 0 Å². The van der Waals surface area contributed by atoms with Gasteiger partial charge in [0.25, 0.3) is 5.91 Å². The Balaban J connectivity index is 1.97. The summed E-state index contributed by atoms with van der Waals surface area (Å²) in [6.07, 6.45) is 1.85. The van der Waals surface area contributed by atoms with Crippen molar-refractivity contribution in [3.8, 4) is 5.75 Å². The van der Waals surface area contributed by atoms with Crippen molar-refractivity contribution in [1.82, 2.24) is 9.88 Å². The van der Waals surface area contributed by atoms with Crippen LogP contribution in [0.25, 0.3) is 10.2 Å². The van der Waals surface area contributed by atoms with Gasteiger partial charge in [-0.3, -0.25) is 9.69 Å². The molecular weight excluding hydrogens is 370 g/mol. The first-order chi connectivity index (χ1) is 13.5. The summed E-state index contributed by atoms with van der Waals surface area (Å²) in [7, 11) is 5.67. The summed E-state index contributed by atoms with van der Waals surface area (Å²) in [5, 5.41) is 0.734. The second-order valence-corrected chi connectivity index (χ2v) is 7.98. The van der Waals surface area contributed by atoms with Crippen molar-refractivity contribution in [2.24, 2.45) is 0 Å². The molecule has 0 fully saturated rings. The molecule has 0 spiro atoms. The van der Waals surface area contributed by atoms with Gasteiger partial charge in [0.2, 0.25) is 0 Å². The number of ether oxygens (including phenoxy) is 1. The maximum Gasteiger partial charge on any atom is 0.263 e. The summed E-state index contributed by atoms with van der Waals surface area (Å²) in [5.41, 5.74) is 2.77. The van der Waals surface area contributed by atoms with E-state index in [4.69, 9.17) is 9.72 Å². The van der Waals surface area contributed by atoms with Crippen LogP contribution in [0.1, 0.15) is 29.3 Å². The van der Waals surface area contributed by atoms with Gasteiger partial charge >= 0.3 is 0 Å². The maximum atomic E-state index is 13.4. The summed E-state index contributed by atoms with van der Waals surface area (Å²) in [4.78, 5) is 22.1. The first-order valence-electron chi connectivity index (χ1n) is 9.52. The maximum absolute atomic E-state index is 13.4. The van der Waals surface area contributed by atoms with Crippen LogP contribution in [-0.2, 0) is 6.42 Å². The second kappa shape index (κ2) is 9.17. The third-order valence-corrected chi connectivity index (χ3v) is 5.69. The van der Waals surface area contributed by atoms with Crippen molar-refractivity contribution in [1.29, 1.82) is 0 Å². The van der Waals surface area contributed by atoms with E-state index in [-0.39, 0.29) is 5.91 Å². The van der Waals surface area contributed by atoms with Gasteiger partial charge in [-0.1, -0.05) is 36.5 Å². The quantitative estimate of drug-likeness (QED) is 0.563. The smallest absolute Gasteiger partial charge is 0.263 e. The fourth-order valence-electron chi connectivity index (χ4n) is 3.09. The number of nitrogens with zero attached hydrogens (tertiary/aromatic N) is 3.